The molecule has 0 atom stereocenters. The Hall–Kier alpha value is -1.51. The second-order valence-corrected chi connectivity index (χ2v) is 2.07. The van der Waals surface area contributed by atoms with Crippen LogP contribution in [0.3, 0.4) is 0 Å². The van der Waals surface area contributed by atoms with Crippen LogP contribution >= 0.6 is 0 Å². The number of hydrogen-bond acceptors (Lipinski definition) is 2. The van der Waals surface area contributed by atoms with E-state index in [1.165, 1.54) is 6.21 Å². The summed E-state index contributed by atoms with van der Waals surface area (Å²) >= 11 is 0. The second-order valence-electron chi connectivity index (χ2n) is 2.07. The van der Waals surface area contributed by atoms with E-state index >= 15 is 0 Å². The molecule has 0 aromatic carbocycles. The van der Waals surface area contributed by atoms with Gasteiger partial charge in [-0.15, -0.1) is 4.99 Å². The minimum atomic E-state index is 0.426. The van der Waals surface area contributed by atoms with E-state index in [4.69, 9.17) is 5.41 Å². The molecular weight excluding hydrogens is 126 g/mol. The zero-order valence-corrected chi connectivity index (χ0v) is 5.28. The molecule has 0 unspecified atom stereocenters. The lowest BCUT2D eigenvalue weighted by atomic mass is 10.4. The van der Waals surface area contributed by atoms with Gasteiger partial charge >= 0.3 is 0 Å². The van der Waals surface area contributed by atoms with E-state index in [1.807, 2.05) is 24.4 Å². The monoisotopic (exact) mass is 132 g/mol. The van der Waals surface area contributed by atoms with Gasteiger partial charge in [-0.1, -0.05) is 6.07 Å². The largest absolute Gasteiger partial charge is 0.295 e. The normalized spacial score (nSPS) is 13.8. The van der Waals surface area contributed by atoms with Crippen molar-refractivity contribution in [2.45, 2.75) is 0 Å². The maximum atomic E-state index is 7.34. The molecule has 2 heterocycles. The standard InChI is InChI=1S/C7H6N3/c8-6-5-9-7-3-1-2-4-10(6)7/h1-5,8H/q+1. The van der Waals surface area contributed by atoms with Gasteiger partial charge in [-0.25, -0.2) is 0 Å². The van der Waals surface area contributed by atoms with Gasteiger partial charge in [0.1, 0.15) is 0 Å². The Morgan fingerprint density at radius 2 is 2.30 bits per heavy atom. The number of nitrogens with zero attached hydrogens (tertiary/aromatic N) is 2. The Morgan fingerprint density at radius 3 is 3.10 bits per heavy atom. The SMILES string of the molecule is N=C1C=Nc2cccc[n+]21. The van der Waals surface area contributed by atoms with Gasteiger partial charge in [0.05, 0.1) is 6.20 Å². The highest BCUT2D eigenvalue weighted by molar-refractivity contribution is 6.25. The van der Waals surface area contributed by atoms with E-state index in [0.717, 1.165) is 5.82 Å². The summed E-state index contributed by atoms with van der Waals surface area (Å²) in [5.41, 5.74) is 0. The van der Waals surface area contributed by atoms with E-state index in [9.17, 15) is 0 Å². The van der Waals surface area contributed by atoms with E-state index in [2.05, 4.69) is 4.99 Å². The summed E-state index contributed by atoms with van der Waals surface area (Å²) < 4.78 is 1.72. The van der Waals surface area contributed by atoms with Gasteiger partial charge in [-0.05, 0) is 6.07 Å². The van der Waals surface area contributed by atoms with Crippen LogP contribution in [0.4, 0.5) is 5.82 Å². The number of hydrogen-bond donors (Lipinski definition) is 1. The first-order valence-corrected chi connectivity index (χ1v) is 3.01. The van der Waals surface area contributed by atoms with E-state index < -0.39 is 0 Å². The molecule has 48 valence electrons. The minimum absolute atomic E-state index is 0.426. The summed E-state index contributed by atoms with van der Waals surface area (Å²) in [6.07, 6.45) is 3.36. The van der Waals surface area contributed by atoms with Crippen LogP contribution in [-0.4, -0.2) is 12.1 Å². The van der Waals surface area contributed by atoms with Gasteiger partial charge in [0.25, 0.3) is 11.7 Å². The fraction of sp³-hybridized carbons (Fsp3) is 0. The third-order valence-corrected chi connectivity index (χ3v) is 1.42. The molecule has 0 radical (unpaired) electrons. The van der Waals surface area contributed by atoms with Crippen molar-refractivity contribution in [3.05, 3.63) is 24.4 Å². The molecule has 0 aliphatic carbocycles. The molecule has 0 amide bonds. The van der Waals surface area contributed by atoms with Crippen molar-refractivity contribution < 1.29 is 4.57 Å². The summed E-state index contributed by atoms with van der Waals surface area (Å²) in [6, 6.07) is 5.66. The number of aliphatic imine (C=N–C) groups is 1. The highest BCUT2D eigenvalue weighted by Crippen LogP contribution is 2.05. The Bertz CT molecular complexity index is 314. The molecule has 1 N–H and O–H groups in total. The zero-order valence-electron chi connectivity index (χ0n) is 5.28. The molecule has 1 aliphatic heterocycles. The number of rotatable bonds is 0. The first-order chi connectivity index (χ1) is 4.88. The minimum Gasteiger partial charge on any atom is -0.198 e. The fourth-order valence-corrected chi connectivity index (χ4v) is 0.932. The lowest BCUT2D eigenvalue weighted by Crippen LogP contribution is -2.39. The highest BCUT2D eigenvalue weighted by Gasteiger charge is 2.16. The first-order valence-electron chi connectivity index (χ1n) is 3.01. The first kappa shape index (κ1) is 5.29. The predicted octanol–water partition coefficient (Wildman–Crippen LogP) is 0.515. The molecule has 0 spiro atoms. The molecule has 3 heteroatoms. The summed E-state index contributed by atoms with van der Waals surface area (Å²) in [7, 11) is 0. The average Bonchev–Trinajstić information content (AvgIpc) is 2.34. The van der Waals surface area contributed by atoms with Crippen molar-refractivity contribution in [2.75, 3.05) is 0 Å². The molecule has 0 saturated carbocycles. The highest BCUT2D eigenvalue weighted by atomic mass is 15.1. The molecule has 1 aliphatic rings. The van der Waals surface area contributed by atoms with Crippen LogP contribution in [0.5, 0.6) is 0 Å². The predicted molar refractivity (Wildman–Crippen MR) is 37.9 cm³/mol. The summed E-state index contributed by atoms with van der Waals surface area (Å²) in [6.45, 7) is 0. The second kappa shape index (κ2) is 1.73. The Morgan fingerprint density at radius 1 is 1.40 bits per heavy atom. The van der Waals surface area contributed by atoms with Crippen molar-refractivity contribution >= 4 is 17.9 Å². The Balaban J connectivity index is 2.70. The molecule has 1 aromatic heterocycles. The van der Waals surface area contributed by atoms with Crippen LogP contribution in [0.25, 0.3) is 0 Å². The van der Waals surface area contributed by atoms with Crippen molar-refractivity contribution in [1.82, 2.24) is 0 Å². The van der Waals surface area contributed by atoms with Gasteiger partial charge in [0.2, 0.25) is 0 Å². The summed E-state index contributed by atoms with van der Waals surface area (Å²) in [5, 5.41) is 7.34. The lowest BCUT2D eigenvalue weighted by Gasteiger charge is -1.89. The molecule has 3 nitrogen and oxygen atoms in total. The van der Waals surface area contributed by atoms with Crippen LogP contribution < -0.4 is 4.57 Å². The number of aromatic nitrogens is 1. The van der Waals surface area contributed by atoms with Crippen LogP contribution in [0, 0.1) is 5.41 Å². The lowest BCUT2D eigenvalue weighted by molar-refractivity contribution is -0.535. The van der Waals surface area contributed by atoms with Crippen LogP contribution in [-0.2, 0) is 0 Å². The molecule has 0 saturated heterocycles. The molecule has 10 heavy (non-hydrogen) atoms. The molecule has 0 fully saturated rings. The van der Waals surface area contributed by atoms with Gasteiger partial charge < -0.3 is 0 Å². The van der Waals surface area contributed by atoms with Crippen molar-refractivity contribution in [3.63, 3.8) is 0 Å². The smallest absolute Gasteiger partial charge is 0.198 e. The van der Waals surface area contributed by atoms with Crippen LogP contribution in [0.15, 0.2) is 29.4 Å². The van der Waals surface area contributed by atoms with Gasteiger partial charge in [0, 0.05) is 6.07 Å². The summed E-state index contributed by atoms with van der Waals surface area (Å²) in [4.78, 5) is 3.99. The van der Waals surface area contributed by atoms with Crippen LogP contribution in [0.2, 0.25) is 0 Å². The summed E-state index contributed by atoms with van der Waals surface area (Å²) in [5.74, 6) is 1.25. The fourth-order valence-electron chi connectivity index (χ4n) is 0.932. The molecular formula is C7H6N3+. The maximum absolute atomic E-state index is 7.34. The molecule has 0 bridgehead atoms. The van der Waals surface area contributed by atoms with E-state index in [1.54, 1.807) is 4.57 Å². The Labute approximate surface area is 58.2 Å². The molecule has 2 rings (SSSR count). The van der Waals surface area contributed by atoms with Gasteiger partial charge in [0.15, 0.2) is 6.21 Å². The van der Waals surface area contributed by atoms with Crippen molar-refractivity contribution in [1.29, 1.82) is 5.41 Å². The van der Waals surface area contributed by atoms with Crippen LogP contribution in [0.1, 0.15) is 0 Å². The quantitative estimate of drug-likeness (QED) is 0.500. The topological polar surface area (TPSA) is 40.1 Å². The Kier molecular flexibility index (Phi) is 0.917. The third-order valence-electron chi connectivity index (χ3n) is 1.42. The average molecular weight is 132 g/mol. The number of pyridine rings is 1. The van der Waals surface area contributed by atoms with Crippen molar-refractivity contribution in [3.8, 4) is 0 Å². The van der Waals surface area contributed by atoms with Crippen molar-refractivity contribution in [2.24, 2.45) is 4.99 Å². The third kappa shape index (κ3) is 0.572. The van der Waals surface area contributed by atoms with Gasteiger partial charge in [-0.2, -0.15) is 9.98 Å². The number of fused-ring (bicyclic) bond motifs is 1. The van der Waals surface area contributed by atoms with E-state index in [-0.39, 0.29) is 0 Å². The number of nitrogens with one attached hydrogen (secondary N) is 1. The zero-order chi connectivity index (χ0) is 6.97. The molecule has 1 aromatic rings. The maximum Gasteiger partial charge on any atom is 0.295 e. The van der Waals surface area contributed by atoms with E-state index in [0.29, 0.717) is 5.84 Å². The van der Waals surface area contributed by atoms with Gasteiger partial charge in [-0.3, -0.25) is 0 Å².